The van der Waals surface area contributed by atoms with Crippen LogP contribution in [0.2, 0.25) is 0 Å². The lowest BCUT2D eigenvalue weighted by molar-refractivity contribution is 0.0699. The van der Waals surface area contributed by atoms with E-state index in [1.807, 2.05) is 38.1 Å². The van der Waals surface area contributed by atoms with E-state index >= 15 is 0 Å². The molecule has 0 radical (unpaired) electrons. The van der Waals surface area contributed by atoms with Gasteiger partial charge in [-0.25, -0.2) is 8.42 Å². The second-order valence-electron chi connectivity index (χ2n) is 8.39. The van der Waals surface area contributed by atoms with Gasteiger partial charge in [0.25, 0.3) is 5.91 Å². The highest BCUT2D eigenvalue weighted by atomic mass is 32.2. The van der Waals surface area contributed by atoms with Crippen LogP contribution in [0.15, 0.2) is 54.7 Å². The Morgan fingerprint density at radius 3 is 2.03 bits per heavy atom. The Balaban J connectivity index is 1.63. The van der Waals surface area contributed by atoms with E-state index in [-0.39, 0.29) is 5.91 Å². The second kappa shape index (κ2) is 8.88. The van der Waals surface area contributed by atoms with Gasteiger partial charge in [0.2, 0.25) is 10.0 Å². The Bertz CT molecular complexity index is 1210. The number of benzene rings is 2. The summed E-state index contributed by atoms with van der Waals surface area (Å²) in [7, 11) is -3.25. The highest BCUT2D eigenvalue weighted by Crippen LogP contribution is 2.25. The van der Waals surface area contributed by atoms with Crippen molar-refractivity contribution in [1.82, 2.24) is 19.0 Å². The number of aryl methyl sites for hydroxylation is 2. The summed E-state index contributed by atoms with van der Waals surface area (Å²) in [4.78, 5) is 15.1. The van der Waals surface area contributed by atoms with Gasteiger partial charge < -0.3 is 4.90 Å². The number of carbonyl (C=O) groups is 1. The molecule has 1 fully saturated rings. The van der Waals surface area contributed by atoms with Gasteiger partial charge in [-0.3, -0.25) is 9.48 Å². The molecule has 1 aliphatic rings. The Hall–Kier alpha value is -2.97. The van der Waals surface area contributed by atoms with Gasteiger partial charge in [-0.05, 0) is 19.4 Å². The number of rotatable bonds is 5. The van der Waals surface area contributed by atoms with Gasteiger partial charge in [0.15, 0.2) is 0 Å². The monoisotopic (exact) mass is 452 g/mol. The van der Waals surface area contributed by atoms with Gasteiger partial charge in [0.05, 0.1) is 18.4 Å². The summed E-state index contributed by atoms with van der Waals surface area (Å²) in [6, 6.07) is 16.2. The third kappa shape index (κ3) is 4.92. The highest BCUT2D eigenvalue weighted by Gasteiger charge is 2.29. The van der Waals surface area contributed by atoms with E-state index < -0.39 is 10.0 Å². The average molecular weight is 453 g/mol. The summed E-state index contributed by atoms with van der Waals surface area (Å²) in [5.74, 6) is -0.121. The molecule has 7 nitrogen and oxygen atoms in total. The van der Waals surface area contributed by atoms with E-state index in [9.17, 15) is 13.2 Å². The summed E-state index contributed by atoms with van der Waals surface area (Å²) in [5, 5.41) is 4.76. The van der Waals surface area contributed by atoms with Crippen LogP contribution < -0.4 is 0 Å². The normalized spacial score (nSPS) is 15.2. The first-order valence-corrected chi connectivity index (χ1v) is 12.5. The van der Waals surface area contributed by atoms with Crippen LogP contribution in [-0.4, -0.2) is 65.7 Å². The van der Waals surface area contributed by atoms with Crippen LogP contribution in [0.5, 0.6) is 0 Å². The molecule has 0 saturated carbocycles. The fraction of sp³-hybridized carbons (Fsp3) is 0.333. The van der Waals surface area contributed by atoms with E-state index in [1.54, 1.807) is 15.8 Å². The summed E-state index contributed by atoms with van der Waals surface area (Å²) in [5.41, 5.74) is 5.50. The van der Waals surface area contributed by atoms with E-state index in [0.29, 0.717) is 44.0 Å². The third-order valence-electron chi connectivity index (χ3n) is 5.78. The van der Waals surface area contributed by atoms with Crippen LogP contribution in [0.3, 0.4) is 0 Å². The number of nitrogens with zero attached hydrogens (tertiary/aromatic N) is 4. The molecule has 0 atom stereocenters. The number of carbonyl (C=O) groups excluding carboxylic acids is 1. The van der Waals surface area contributed by atoms with Crippen LogP contribution in [-0.2, 0) is 16.6 Å². The van der Waals surface area contributed by atoms with Crippen molar-refractivity contribution in [3.8, 4) is 11.3 Å². The lowest BCUT2D eigenvalue weighted by atomic mass is 10.1. The minimum Gasteiger partial charge on any atom is -0.336 e. The van der Waals surface area contributed by atoms with E-state index in [0.717, 1.165) is 16.7 Å². The molecule has 0 unspecified atom stereocenters. The minimum absolute atomic E-state index is 0.121. The lowest BCUT2D eigenvalue weighted by Gasteiger charge is -2.33. The van der Waals surface area contributed by atoms with Crippen molar-refractivity contribution in [3.63, 3.8) is 0 Å². The van der Waals surface area contributed by atoms with Gasteiger partial charge in [-0.1, -0.05) is 59.7 Å². The molecular weight excluding hydrogens is 424 g/mol. The summed E-state index contributed by atoms with van der Waals surface area (Å²) in [6.45, 7) is 5.98. The van der Waals surface area contributed by atoms with E-state index in [4.69, 9.17) is 5.10 Å². The number of hydrogen-bond acceptors (Lipinski definition) is 4. The Morgan fingerprint density at radius 1 is 0.906 bits per heavy atom. The van der Waals surface area contributed by atoms with Crippen molar-refractivity contribution in [3.05, 3.63) is 77.0 Å². The fourth-order valence-electron chi connectivity index (χ4n) is 3.86. The Labute approximate surface area is 189 Å². The molecule has 32 heavy (non-hydrogen) atoms. The molecule has 1 aromatic heterocycles. The average Bonchev–Trinajstić information content (AvgIpc) is 3.18. The molecule has 0 bridgehead atoms. The first-order valence-electron chi connectivity index (χ1n) is 10.6. The van der Waals surface area contributed by atoms with Gasteiger partial charge in [-0.15, -0.1) is 0 Å². The van der Waals surface area contributed by atoms with E-state index in [2.05, 4.69) is 24.3 Å². The zero-order valence-corrected chi connectivity index (χ0v) is 19.5. The predicted octanol–water partition coefficient (Wildman–Crippen LogP) is 2.93. The van der Waals surface area contributed by atoms with Crippen LogP contribution in [0.4, 0.5) is 0 Å². The number of sulfonamides is 1. The zero-order chi connectivity index (χ0) is 22.9. The minimum atomic E-state index is -3.25. The molecule has 168 valence electrons. The Kier molecular flexibility index (Phi) is 6.17. The Morgan fingerprint density at radius 2 is 1.47 bits per heavy atom. The number of aromatic nitrogens is 2. The van der Waals surface area contributed by atoms with Crippen LogP contribution >= 0.6 is 0 Å². The SMILES string of the molecule is Cc1ccc(Cn2cc(C(=O)N3CCN(S(C)(=O)=O)CC3)c(-c3ccc(C)cc3)n2)cc1. The number of piperazine rings is 1. The summed E-state index contributed by atoms with van der Waals surface area (Å²) >= 11 is 0. The predicted molar refractivity (Wildman–Crippen MR) is 125 cm³/mol. The standard InChI is InChI=1S/C24H28N4O3S/c1-18-4-8-20(9-5-18)16-27-17-22(23(25-27)21-10-6-19(2)7-11-21)24(29)26-12-14-28(15-13-26)32(3,30)31/h4-11,17H,12-16H2,1-3H3. The first kappa shape index (κ1) is 22.2. The maximum Gasteiger partial charge on any atom is 0.257 e. The second-order valence-corrected chi connectivity index (χ2v) is 10.4. The van der Waals surface area contributed by atoms with Crippen LogP contribution in [0.25, 0.3) is 11.3 Å². The van der Waals surface area contributed by atoms with Crippen LogP contribution in [0, 0.1) is 13.8 Å². The van der Waals surface area contributed by atoms with Crippen molar-refractivity contribution < 1.29 is 13.2 Å². The van der Waals surface area contributed by atoms with Gasteiger partial charge in [0.1, 0.15) is 5.69 Å². The molecule has 1 saturated heterocycles. The maximum absolute atomic E-state index is 13.4. The molecule has 4 rings (SSSR count). The summed E-state index contributed by atoms with van der Waals surface area (Å²) < 4.78 is 26.8. The van der Waals surface area contributed by atoms with Crippen molar-refractivity contribution in [2.75, 3.05) is 32.4 Å². The van der Waals surface area contributed by atoms with Gasteiger partial charge >= 0.3 is 0 Å². The highest BCUT2D eigenvalue weighted by molar-refractivity contribution is 7.88. The van der Waals surface area contributed by atoms with Gasteiger partial charge in [0, 0.05) is 37.9 Å². The van der Waals surface area contributed by atoms with Crippen LogP contribution in [0.1, 0.15) is 27.0 Å². The zero-order valence-electron chi connectivity index (χ0n) is 18.7. The van der Waals surface area contributed by atoms with Crippen molar-refractivity contribution in [1.29, 1.82) is 0 Å². The molecule has 8 heteroatoms. The molecule has 2 aromatic carbocycles. The maximum atomic E-state index is 13.4. The molecule has 0 aliphatic carbocycles. The van der Waals surface area contributed by atoms with Crippen molar-refractivity contribution in [2.24, 2.45) is 0 Å². The summed E-state index contributed by atoms with van der Waals surface area (Å²) in [6.07, 6.45) is 3.01. The smallest absolute Gasteiger partial charge is 0.257 e. The number of amides is 1. The quantitative estimate of drug-likeness (QED) is 0.597. The molecule has 0 spiro atoms. The largest absolute Gasteiger partial charge is 0.336 e. The molecule has 3 aromatic rings. The fourth-order valence-corrected chi connectivity index (χ4v) is 4.68. The molecule has 1 amide bonds. The van der Waals surface area contributed by atoms with E-state index in [1.165, 1.54) is 16.1 Å². The van der Waals surface area contributed by atoms with Gasteiger partial charge in [-0.2, -0.15) is 9.40 Å². The molecule has 1 aliphatic heterocycles. The third-order valence-corrected chi connectivity index (χ3v) is 7.08. The molecule has 2 heterocycles. The molecular formula is C24H28N4O3S. The topological polar surface area (TPSA) is 75.5 Å². The van der Waals surface area contributed by atoms with Crippen molar-refractivity contribution >= 4 is 15.9 Å². The molecule has 0 N–H and O–H groups in total. The number of hydrogen-bond donors (Lipinski definition) is 0. The lowest BCUT2D eigenvalue weighted by Crippen LogP contribution is -2.50. The van der Waals surface area contributed by atoms with Crippen molar-refractivity contribution in [2.45, 2.75) is 20.4 Å². The first-order chi connectivity index (χ1) is 15.2.